The Labute approximate surface area is 308 Å². The van der Waals surface area contributed by atoms with E-state index in [9.17, 15) is 0 Å². The van der Waals surface area contributed by atoms with Gasteiger partial charge in [-0.15, -0.1) is 0 Å². The quantitative estimate of drug-likeness (QED) is 0.115. The third-order valence-corrected chi connectivity index (χ3v) is 10.7. The Morgan fingerprint density at radius 1 is 0.442 bits per heavy atom. The second kappa shape index (κ2) is 17.2. The van der Waals surface area contributed by atoms with Gasteiger partial charge in [0.05, 0.1) is 90.1 Å². The lowest BCUT2D eigenvalue weighted by Crippen LogP contribution is -2.46. The predicted molar refractivity (Wildman–Crippen MR) is 201 cm³/mol. The highest BCUT2D eigenvalue weighted by Crippen LogP contribution is 2.40. The fraction of sp³-hybridized carbons (Fsp3) is 0.455. The molecule has 4 aliphatic heterocycles. The number of hydrogen-bond donors (Lipinski definition) is 0. The summed E-state index contributed by atoms with van der Waals surface area (Å²) < 4.78 is 46.0. The van der Waals surface area contributed by atoms with Crippen molar-refractivity contribution in [2.45, 2.75) is 26.7 Å². The van der Waals surface area contributed by atoms with Crippen LogP contribution in [0.25, 0.3) is 22.3 Å². The van der Waals surface area contributed by atoms with Crippen LogP contribution in [0.1, 0.15) is 26.7 Å². The van der Waals surface area contributed by atoms with Crippen LogP contribution in [0.4, 0.5) is 0 Å². The highest BCUT2D eigenvalue weighted by atomic mass is 16.5. The van der Waals surface area contributed by atoms with E-state index in [-0.39, 0.29) is 10.8 Å². The van der Waals surface area contributed by atoms with Crippen LogP contribution in [0.15, 0.2) is 97.1 Å². The molecule has 0 N–H and O–H groups in total. The van der Waals surface area contributed by atoms with E-state index in [1.807, 2.05) is 72.8 Å². The Balaban J connectivity index is 0.000000164. The van der Waals surface area contributed by atoms with Gasteiger partial charge in [0, 0.05) is 34.1 Å². The molecule has 0 amide bonds. The lowest BCUT2D eigenvalue weighted by atomic mass is 9.84. The Hall–Kier alpha value is -4.08. The van der Waals surface area contributed by atoms with Crippen molar-refractivity contribution in [3.8, 4) is 45.3 Å². The van der Waals surface area contributed by atoms with Gasteiger partial charge in [0.25, 0.3) is 0 Å². The maximum Gasteiger partial charge on any atom is 0.127 e. The van der Waals surface area contributed by atoms with Gasteiger partial charge >= 0.3 is 0 Å². The summed E-state index contributed by atoms with van der Waals surface area (Å²) in [5.41, 5.74) is 4.58. The SMILES string of the molecule is CCC1(COc2ccccc2-c2ccccc2OCC2(CC)COC2)COC1.c1ccc(-c2ccccc2OCC2COC2)c(OCC2COC2)c1. The molecule has 4 aromatic rings. The van der Waals surface area contributed by atoms with Crippen LogP contribution in [0.2, 0.25) is 0 Å². The molecular formula is C44H52O8. The molecule has 4 aliphatic rings. The molecule has 276 valence electrons. The summed E-state index contributed by atoms with van der Waals surface area (Å²) >= 11 is 0. The second-order valence-electron chi connectivity index (χ2n) is 14.7. The molecular weight excluding hydrogens is 656 g/mol. The van der Waals surface area contributed by atoms with Crippen LogP contribution >= 0.6 is 0 Å². The number of hydrogen-bond acceptors (Lipinski definition) is 8. The summed E-state index contributed by atoms with van der Waals surface area (Å²) in [5.74, 6) is 4.59. The molecule has 0 spiro atoms. The van der Waals surface area contributed by atoms with E-state index in [0.717, 1.165) is 111 Å². The van der Waals surface area contributed by atoms with E-state index >= 15 is 0 Å². The van der Waals surface area contributed by atoms with Crippen LogP contribution < -0.4 is 18.9 Å². The zero-order chi connectivity index (χ0) is 35.6. The molecule has 0 radical (unpaired) electrons. The van der Waals surface area contributed by atoms with Crippen LogP contribution in [0, 0.1) is 22.7 Å². The first kappa shape index (κ1) is 36.3. The Bertz CT molecular complexity index is 1580. The molecule has 4 heterocycles. The highest BCUT2D eigenvalue weighted by molar-refractivity contribution is 5.76. The molecule has 0 saturated carbocycles. The van der Waals surface area contributed by atoms with Gasteiger partial charge in [-0.05, 0) is 37.1 Å². The summed E-state index contributed by atoms with van der Waals surface area (Å²) in [5, 5.41) is 0. The van der Waals surface area contributed by atoms with Gasteiger partial charge in [-0.3, -0.25) is 0 Å². The second-order valence-corrected chi connectivity index (χ2v) is 14.7. The van der Waals surface area contributed by atoms with Crippen LogP contribution in [0.3, 0.4) is 0 Å². The van der Waals surface area contributed by atoms with Crippen molar-refractivity contribution in [2.24, 2.45) is 22.7 Å². The molecule has 0 aromatic heterocycles. The maximum atomic E-state index is 6.29. The molecule has 4 saturated heterocycles. The molecule has 8 rings (SSSR count). The molecule has 0 aliphatic carbocycles. The summed E-state index contributed by atoms with van der Waals surface area (Å²) in [7, 11) is 0. The largest absolute Gasteiger partial charge is 0.492 e. The molecule has 0 unspecified atom stereocenters. The number of benzene rings is 4. The standard InChI is InChI=1S/C24H30O4.C20H22O4/c1-3-23(13-25-14-23)17-27-21-11-7-5-9-19(21)20-10-6-8-12-22(20)28-18-24(4-2)15-26-16-24;1-3-7-19(23-13-15-9-21-10-15)17(5-1)18-6-2-4-8-20(18)24-14-16-11-22-12-16/h5-12H,3-4,13-18H2,1-2H3;1-8,15-16H,9-14H2. The number of para-hydroxylation sites is 4. The topological polar surface area (TPSA) is 73.8 Å². The minimum atomic E-state index is 0.154. The Kier molecular flexibility index (Phi) is 12.0. The molecule has 0 bridgehead atoms. The average molecular weight is 709 g/mol. The zero-order valence-electron chi connectivity index (χ0n) is 30.6. The van der Waals surface area contributed by atoms with E-state index in [0.29, 0.717) is 38.3 Å². The van der Waals surface area contributed by atoms with Gasteiger partial charge in [0.15, 0.2) is 0 Å². The highest BCUT2D eigenvalue weighted by Gasteiger charge is 2.39. The molecule has 8 heteroatoms. The minimum Gasteiger partial charge on any atom is -0.492 e. The van der Waals surface area contributed by atoms with Gasteiger partial charge in [-0.2, -0.15) is 0 Å². The summed E-state index contributed by atoms with van der Waals surface area (Å²) in [6, 6.07) is 32.7. The summed E-state index contributed by atoms with van der Waals surface area (Å²) in [4.78, 5) is 0. The number of rotatable bonds is 16. The smallest absolute Gasteiger partial charge is 0.127 e. The fourth-order valence-electron chi connectivity index (χ4n) is 6.46. The average Bonchev–Trinajstić information content (AvgIpc) is 3.11. The first-order valence-corrected chi connectivity index (χ1v) is 18.8. The lowest BCUT2D eigenvalue weighted by molar-refractivity contribution is -0.133. The maximum absolute atomic E-state index is 6.29. The zero-order valence-corrected chi connectivity index (χ0v) is 30.6. The Morgan fingerprint density at radius 3 is 1.00 bits per heavy atom. The van der Waals surface area contributed by atoms with E-state index in [1.54, 1.807) is 0 Å². The van der Waals surface area contributed by atoms with Crippen molar-refractivity contribution in [3.05, 3.63) is 97.1 Å². The van der Waals surface area contributed by atoms with Crippen LogP contribution in [-0.4, -0.2) is 79.3 Å². The summed E-state index contributed by atoms with van der Waals surface area (Å²) in [6.07, 6.45) is 2.13. The number of ether oxygens (including phenoxy) is 8. The first-order chi connectivity index (χ1) is 25.6. The molecule has 8 nitrogen and oxygen atoms in total. The minimum absolute atomic E-state index is 0.154. The van der Waals surface area contributed by atoms with Crippen molar-refractivity contribution < 1.29 is 37.9 Å². The molecule has 4 fully saturated rings. The van der Waals surface area contributed by atoms with Gasteiger partial charge in [-0.1, -0.05) is 86.6 Å². The van der Waals surface area contributed by atoms with Gasteiger partial charge < -0.3 is 37.9 Å². The van der Waals surface area contributed by atoms with Gasteiger partial charge in [0.2, 0.25) is 0 Å². The molecule has 52 heavy (non-hydrogen) atoms. The third kappa shape index (κ3) is 8.58. The normalized spacial score (nSPS) is 18.7. The van der Waals surface area contributed by atoms with Gasteiger partial charge in [-0.25, -0.2) is 0 Å². The molecule has 0 atom stereocenters. The molecule has 4 aromatic carbocycles. The van der Waals surface area contributed by atoms with Crippen LogP contribution in [0.5, 0.6) is 23.0 Å². The van der Waals surface area contributed by atoms with Crippen molar-refractivity contribution in [1.82, 2.24) is 0 Å². The summed E-state index contributed by atoms with van der Waals surface area (Å²) in [6.45, 7) is 13.5. The monoisotopic (exact) mass is 708 g/mol. The van der Waals surface area contributed by atoms with Crippen LogP contribution in [-0.2, 0) is 18.9 Å². The van der Waals surface area contributed by atoms with E-state index in [2.05, 4.69) is 38.1 Å². The fourth-order valence-corrected chi connectivity index (χ4v) is 6.46. The van der Waals surface area contributed by atoms with Crippen molar-refractivity contribution in [3.63, 3.8) is 0 Å². The van der Waals surface area contributed by atoms with Crippen molar-refractivity contribution >= 4 is 0 Å². The van der Waals surface area contributed by atoms with E-state index in [4.69, 9.17) is 37.9 Å². The third-order valence-electron chi connectivity index (χ3n) is 10.7. The van der Waals surface area contributed by atoms with Crippen molar-refractivity contribution in [1.29, 1.82) is 0 Å². The lowest BCUT2D eigenvalue weighted by Gasteiger charge is -2.40. The Morgan fingerprint density at radius 2 is 0.750 bits per heavy atom. The van der Waals surface area contributed by atoms with Crippen molar-refractivity contribution in [2.75, 3.05) is 79.3 Å². The first-order valence-electron chi connectivity index (χ1n) is 18.8. The van der Waals surface area contributed by atoms with E-state index < -0.39 is 0 Å². The van der Waals surface area contributed by atoms with Gasteiger partial charge in [0.1, 0.15) is 23.0 Å². The van der Waals surface area contributed by atoms with E-state index in [1.165, 1.54) is 0 Å². The predicted octanol–water partition coefficient (Wildman–Crippen LogP) is 8.37.